The molecule has 1 amide bonds. The van der Waals surface area contributed by atoms with E-state index in [-0.39, 0.29) is 11.9 Å². The van der Waals surface area contributed by atoms with Gasteiger partial charge in [-0.25, -0.2) is 0 Å². The summed E-state index contributed by atoms with van der Waals surface area (Å²) in [6, 6.07) is 3.83. The van der Waals surface area contributed by atoms with E-state index in [0.717, 1.165) is 30.7 Å². The van der Waals surface area contributed by atoms with Crippen LogP contribution in [0.25, 0.3) is 10.7 Å². The van der Waals surface area contributed by atoms with E-state index in [2.05, 4.69) is 20.4 Å². The third kappa shape index (κ3) is 3.14. The standard InChI is InChI=1S/C14H18N4O2S/c1-15-14(19)10-5-2-3-7-18(10)9-12-16-13(17-20-12)11-6-4-8-21-11/h4,6,8,10H,2-3,5,7,9H2,1H3,(H,15,19)/t10-/m0/s1. The molecule has 1 fully saturated rings. The molecular weight excluding hydrogens is 288 g/mol. The van der Waals surface area contributed by atoms with Crippen molar-refractivity contribution in [2.75, 3.05) is 13.6 Å². The molecule has 3 heterocycles. The molecule has 1 N–H and O–H groups in total. The SMILES string of the molecule is CNC(=O)[C@@H]1CCCCN1Cc1nc(-c2cccs2)no1. The lowest BCUT2D eigenvalue weighted by molar-refractivity contribution is -0.127. The van der Waals surface area contributed by atoms with Gasteiger partial charge in [0.1, 0.15) is 0 Å². The van der Waals surface area contributed by atoms with Crippen LogP contribution < -0.4 is 5.32 Å². The van der Waals surface area contributed by atoms with Gasteiger partial charge in [0.05, 0.1) is 17.5 Å². The molecule has 2 aromatic heterocycles. The van der Waals surface area contributed by atoms with Crippen LogP contribution in [0.1, 0.15) is 25.2 Å². The molecule has 21 heavy (non-hydrogen) atoms. The normalized spacial score (nSPS) is 19.6. The van der Waals surface area contributed by atoms with Crippen molar-refractivity contribution in [3.05, 3.63) is 23.4 Å². The molecule has 1 saturated heterocycles. The summed E-state index contributed by atoms with van der Waals surface area (Å²) in [7, 11) is 1.68. The fourth-order valence-corrected chi connectivity index (χ4v) is 3.29. The summed E-state index contributed by atoms with van der Waals surface area (Å²) in [6.45, 7) is 1.41. The number of nitrogens with zero attached hydrogens (tertiary/aromatic N) is 3. The van der Waals surface area contributed by atoms with Crippen LogP contribution in [0.2, 0.25) is 0 Å². The summed E-state index contributed by atoms with van der Waals surface area (Å²) in [5.74, 6) is 1.25. The highest BCUT2D eigenvalue weighted by molar-refractivity contribution is 7.13. The summed E-state index contributed by atoms with van der Waals surface area (Å²) in [5.41, 5.74) is 0. The van der Waals surface area contributed by atoms with Crippen LogP contribution in [0.3, 0.4) is 0 Å². The Labute approximate surface area is 127 Å². The molecule has 0 saturated carbocycles. The number of piperidine rings is 1. The summed E-state index contributed by atoms with van der Waals surface area (Å²) < 4.78 is 5.33. The average Bonchev–Trinajstić information content (AvgIpc) is 3.18. The van der Waals surface area contributed by atoms with Crippen LogP contribution in [0.4, 0.5) is 0 Å². The predicted octanol–water partition coefficient (Wildman–Crippen LogP) is 1.90. The molecular formula is C14H18N4O2S. The van der Waals surface area contributed by atoms with E-state index in [1.54, 1.807) is 18.4 Å². The minimum absolute atomic E-state index is 0.0627. The third-order valence-corrected chi connectivity index (χ3v) is 4.58. The number of aromatic nitrogens is 2. The van der Waals surface area contributed by atoms with Gasteiger partial charge in [0.2, 0.25) is 17.6 Å². The maximum Gasteiger partial charge on any atom is 0.241 e. The Morgan fingerprint density at radius 1 is 1.57 bits per heavy atom. The molecule has 0 aromatic carbocycles. The van der Waals surface area contributed by atoms with Crippen molar-refractivity contribution < 1.29 is 9.32 Å². The summed E-state index contributed by atoms with van der Waals surface area (Å²) >= 11 is 1.58. The molecule has 112 valence electrons. The Hall–Kier alpha value is -1.73. The van der Waals surface area contributed by atoms with Crippen LogP contribution in [-0.4, -0.2) is 40.6 Å². The fraction of sp³-hybridized carbons (Fsp3) is 0.500. The van der Waals surface area contributed by atoms with Crippen molar-refractivity contribution in [3.8, 4) is 10.7 Å². The molecule has 2 aromatic rings. The number of nitrogens with one attached hydrogen (secondary N) is 1. The first kappa shape index (κ1) is 14.2. The lowest BCUT2D eigenvalue weighted by Gasteiger charge is -2.33. The number of likely N-dealkylation sites (N-methyl/N-ethyl adjacent to an activating group) is 1. The second kappa shape index (κ2) is 6.36. The highest BCUT2D eigenvalue weighted by Crippen LogP contribution is 2.23. The maximum absolute atomic E-state index is 11.9. The van der Waals surface area contributed by atoms with Gasteiger partial charge in [-0.2, -0.15) is 4.98 Å². The molecule has 7 heteroatoms. The van der Waals surface area contributed by atoms with E-state index in [4.69, 9.17) is 4.52 Å². The third-order valence-electron chi connectivity index (χ3n) is 3.71. The van der Waals surface area contributed by atoms with Crippen LogP contribution in [-0.2, 0) is 11.3 Å². The lowest BCUT2D eigenvalue weighted by Crippen LogP contribution is -2.48. The van der Waals surface area contributed by atoms with Gasteiger partial charge >= 0.3 is 0 Å². The minimum Gasteiger partial charge on any atom is -0.358 e. The van der Waals surface area contributed by atoms with Crippen molar-refractivity contribution in [2.45, 2.75) is 31.8 Å². The number of amides is 1. The van der Waals surface area contributed by atoms with E-state index >= 15 is 0 Å². The number of likely N-dealkylation sites (tertiary alicyclic amines) is 1. The molecule has 1 atom stereocenters. The second-order valence-corrected chi connectivity index (χ2v) is 6.03. The van der Waals surface area contributed by atoms with Crippen LogP contribution in [0.15, 0.2) is 22.0 Å². The van der Waals surface area contributed by atoms with Gasteiger partial charge in [0, 0.05) is 7.05 Å². The molecule has 0 radical (unpaired) electrons. The smallest absolute Gasteiger partial charge is 0.241 e. The van der Waals surface area contributed by atoms with Gasteiger partial charge in [-0.3, -0.25) is 9.69 Å². The molecule has 6 nitrogen and oxygen atoms in total. The lowest BCUT2D eigenvalue weighted by atomic mass is 10.0. The summed E-state index contributed by atoms with van der Waals surface area (Å²) in [5, 5.41) is 8.73. The van der Waals surface area contributed by atoms with Crippen molar-refractivity contribution in [2.24, 2.45) is 0 Å². The van der Waals surface area contributed by atoms with Crippen LogP contribution >= 0.6 is 11.3 Å². The molecule has 0 bridgehead atoms. The number of hydrogen-bond acceptors (Lipinski definition) is 6. The first-order valence-corrected chi connectivity index (χ1v) is 7.98. The minimum atomic E-state index is -0.0964. The molecule has 1 aliphatic heterocycles. The van der Waals surface area contributed by atoms with E-state index in [1.807, 2.05) is 17.5 Å². The highest BCUT2D eigenvalue weighted by Gasteiger charge is 2.29. The van der Waals surface area contributed by atoms with Crippen molar-refractivity contribution in [1.82, 2.24) is 20.4 Å². The molecule has 3 rings (SSSR count). The van der Waals surface area contributed by atoms with Gasteiger partial charge in [-0.05, 0) is 30.8 Å². The van der Waals surface area contributed by atoms with Crippen molar-refractivity contribution >= 4 is 17.2 Å². The van der Waals surface area contributed by atoms with Crippen molar-refractivity contribution in [1.29, 1.82) is 0 Å². The van der Waals surface area contributed by atoms with Gasteiger partial charge < -0.3 is 9.84 Å². The zero-order valence-electron chi connectivity index (χ0n) is 11.9. The fourth-order valence-electron chi connectivity index (χ4n) is 2.64. The second-order valence-electron chi connectivity index (χ2n) is 5.09. The quantitative estimate of drug-likeness (QED) is 0.934. The van der Waals surface area contributed by atoms with Crippen molar-refractivity contribution in [3.63, 3.8) is 0 Å². The number of carbonyl (C=O) groups is 1. The number of carbonyl (C=O) groups excluding carboxylic acids is 1. The van der Waals surface area contributed by atoms with Crippen LogP contribution in [0.5, 0.6) is 0 Å². The number of thiophene rings is 1. The molecule has 0 aliphatic carbocycles. The van der Waals surface area contributed by atoms with E-state index in [1.165, 1.54) is 0 Å². The largest absolute Gasteiger partial charge is 0.358 e. The van der Waals surface area contributed by atoms with Gasteiger partial charge in [0.15, 0.2) is 0 Å². The Bertz CT molecular complexity index is 596. The first-order chi connectivity index (χ1) is 10.3. The highest BCUT2D eigenvalue weighted by atomic mass is 32.1. The monoisotopic (exact) mass is 306 g/mol. The number of hydrogen-bond donors (Lipinski definition) is 1. The summed E-state index contributed by atoms with van der Waals surface area (Å²) in [6.07, 6.45) is 3.06. The van der Waals surface area contributed by atoms with Gasteiger partial charge in [-0.15, -0.1) is 11.3 Å². The Morgan fingerprint density at radius 2 is 2.48 bits per heavy atom. The maximum atomic E-state index is 11.9. The Morgan fingerprint density at radius 3 is 3.24 bits per heavy atom. The van der Waals surface area contributed by atoms with E-state index in [0.29, 0.717) is 18.3 Å². The predicted molar refractivity (Wildman–Crippen MR) is 79.7 cm³/mol. The average molecular weight is 306 g/mol. The topological polar surface area (TPSA) is 71.3 Å². The zero-order chi connectivity index (χ0) is 14.7. The summed E-state index contributed by atoms with van der Waals surface area (Å²) in [4.78, 5) is 19.5. The Kier molecular flexibility index (Phi) is 4.31. The molecule has 0 unspecified atom stereocenters. The van der Waals surface area contributed by atoms with E-state index < -0.39 is 0 Å². The molecule has 0 spiro atoms. The molecule has 1 aliphatic rings. The zero-order valence-corrected chi connectivity index (χ0v) is 12.7. The van der Waals surface area contributed by atoms with Gasteiger partial charge in [0.25, 0.3) is 0 Å². The van der Waals surface area contributed by atoms with Crippen LogP contribution in [0, 0.1) is 0 Å². The van der Waals surface area contributed by atoms with Gasteiger partial charge in [-0.1, -0.05) is 17.6 Å². The van der Waals surface area contributed by atoms with E-state index in [9.17, 15) is 4.79 Å². The Balaban J connectivity index is 1.71. The first-order valence-electron chi connectivity index (χ1n) is 7.10. The number of rotatable bonds is 4.